The van der Waals surface area contributed by atoms with Crippen LogP contribution in [0.1, 0.15) is 46.0 Å². The maximum Gasteiger partial charge on any atom is 0.141 e. The zero-order chi connectivity index (χ0) is 13.7. The van der Waals surface area contributed by atoms with E-state index in [2.05, 4.69) is 31.3 Å². The number of hydrogen-bond donors (Lipinski definition) is 1. The zero-order valence-electron chi connectivity index (χ0n) is 12.5. The summed E-state index contributed by atoms with van der Waals surface area (Å²) in [6, 6.07) is 8.87. The lowest BCUT2D eigenvalue weighted by Crippen LogP contribution is -2.22. The Hall–Kier alpha value is -1.18. The number of methoxy groups -OCH3 is 1. The van der Waals surface area contributed by atoms with Crippen molar-refractivity contribution >= 4 is 5.69 Å². The summed E-state index contributed by atoms with van der Waals surface area (Å²) >= 11 is 0. The van der Waals surface area contributed by atoms with Gasteiger partial charge in [0.2, 0.25) is 0 Å². The molecule has 1 aromatic carbocycles. The molecule has 1 fully saturated rings. The zero-order valence-corrected chi connectivity index (χ0v) is 12.5. The van der Waals surface area contributed by atoms with Crippen molar-refractivity contribution in [3.63, 3.8) is 0 Å². The molecule has 2 heteroatoms. The van der Waals surface area contributed by atoms with Gasteiger partial charge in [0.25, 0.3) is 0 Å². The minimum Gasteiger partial charge on any atom is -0.495 e. The van der Waals surface area contributed by atoms with Crippen LogP contribution in [-0.2, 0) is 0 Å². The second-order valence-corrected chi connectivity index (χ2v) is 6.11. The first kappa shape index (κ1) is 14.2. The number of rotatable bonds is 8. The molecule has 1 aliphatic rings. The van der Waals surface area contributed by atoms with E-state index in [4.69, 9.17) is 4.74 Å². The first-order valence-corrected chi connectivity index (χ1v) is 7.60. The molecule has 0 radical (unpaired) electrons. The largest absolute Gasteiger partial charge is 0.495 e. The van der Waals surface area contributed by atoms with E-state index in [9.17, 15) is 0 Å². The third kappa shape index (κ3) is 4.45. The highest BCUT2D eigenvalue weighted by atomic mass is 16.5. The molecule has 0 saturated heterocycles. The molecule has 1 atom stereocenters. The molecule has 1 N–H and O–H groups in total. The number of para-hydroxylation sites is 2. The highest BCUT2D eigenvalue weighted by molar-refractivity contribution is 5.56. The van der Waals surface area contributed by atoms with Crippen molar-refractivity contribution in [2.75, 3.05) is 12.4 Å². The quantitative estimate of drug-likeness (QED) is 0.731. The van der Waals surface area contributed by atoms with Gasteiger partial charge in [0.15, 0.2) is 0 Å². The van der Waals surface area contributed by atoms with Crippen molar-refractivity contribution < 1.29 is 4.74 Å². The van der Waals surface area contributed by atoms with Crippen LogP contribution in [-0.4, -0.2) is 13.2 Å². The summed E-state index contributed by atoms with van der Waals surface area (Å²) in [7, 11) is 1.74. The summed E-state index contributed by atoms with van der Waals surface area (Å²) in [4.78, 5) is 0. The van der Waals surface area contributed by atoms with E-state index in [0.717, 1.165) is 23.3 Å². The third-order valence-corrected chi connectivity index (χ3v) is 3.94. The summed E-state index contributed by atoms with van der Waals surface area (Å²) in [5.41, 5.74) is 1.14. The van der Waals surface area contributed by atoms with Crippen molar-refractivity contribution in [3.05, 3.63) is 24.3 Å². The molecule has 1 saturated carbocycles. The van der Waals surface area contributed by atoms with Gasteiger partial charge in [0, 0.05) is 6.04 Å². The molecule has 0 bridgehead atoms. The second-order valence-electron chi connectivity index (χ2n) is 6.11. The summed E-state index contributed by atoms with van der Waals surface area (Å²) in [6.45, 7) is 4.61. The molecular formula is C17H27NO. The van der Waals surface area contributed by atoms with Crippen molar-refractivity contribution in [1.82, 2.24) is 0 Å². The topological polar surface area (TPSA) is 21.3 Å². The predicted molar refractivity (Wildman–Crippen MR) is 81.8 cm³/mol. The van der Waals surface area contributed by atoms with Gasteiger partial charge in [-0.3, -0.25) is 0 Å². The van der Waals surface area contributed by atoms with Crippen molar-refractivity contribution in [1.29, 1.82) is 0 Å². The average Bonchev–Trinajstić information content (AvgIpc) is 3.22. The van der Waals surface area contributed by atoms with Gasteiger partial charge in [0.05, 0.1) is 12.8 Å². The van der Waals surface area contributed by atoms with E-state index in [1.807, 2.05) is 12.1 Å². The van der Waals surface area contributed by atoms with Gasteiger partial charge < -0.3 is 10.1 Å². The normalized spacial score (nSPS) is 16.4. The Labute approximate surface area is 117 Å². The van der Waals surface area contributed by atoms with Crippen LogP contribution in [0.25, 0.3) is 0 Å². The lowest BCUT2D eigenvalue weighted by atomic mass is 10.00. The van der Waals surface area contributed by atoms with Gasteiger partial charge >= 0.3 is 0 Å². The van der Waals surface area contributed by atoms with Crippen LogP contribution >= 0.6 is 0 Å². The van der Waals surface area contributed by atoms with Gasteiger partial charge in [-0.25, -0.2) is 0 Å². The van der Waals surface area contributed by atoms with Crippen LogP contribution in [0.2, 0.25) is 0 Å². The fourth-order valence-electron chi connectivity index (χ4n) is 2.63. The van der Waals surface area contributed by atoms with Crippen LogP contribution in [0.4, 0.5) is 5.69 Å². The van der Waals surface area contributed by atoms with E-state index in [-0.39, 0.29) is 0 Å². The highest BCUT2D eigenvalue weighted by Gasteiger charge is 2.31. The second kappa shape index (κ2) is 6.83. The monoisotopic (exact) mass is 261 g/mol. The van der Waals surface area contributed by atoms with Gasteiger partial charge in [-0.15, -0.1) is 0 Å². The lowest BCUT2D eigenvalue weighted by Gasteiger charge is -2.21. The Morgan fingerprint density at radius 2 is 1.95 bits per heavy atom. The molecule has 2 nitrogen and oxygen atoms in total. The summed E-state index contributed by atoms with van der Waals surface area (Å²) < 4.78 is 5.43. The Kier molecular flexibility index (Phi) is 5.12. The Morgan fingerprint density at radius 3 is 2.58 bits per heavy atom. The van der Waals surface area contributed by atoms with Crippen LogP contribution in [0.5, 0.6) is 5.75 Å². The SMILES string of the molecule is COc1ccccc1N[C@@H](CCCC(C)C)C1CC1. The predicted octanol–water partition coefficient (Wildman–Crippen LogP) is 4.71. The maximum atomic E-state index is 5.43. The van der Waals surface area contributed by atoms with Gasteiger partial charge in [-0.2, -0.15) is 0 Å². The molecule has 1 aliphatic carbocycles. The van der Waals surface area contributed by atoms with Crippen molar-refractivity contribution in [2.45, 2.75) is 52.0 Å². The van der Waals surface area contributed by atoms with Gasteiger partial charge in [-0.05, 0) is 43.2 Å². The van der Waals surface area contributed by atoms with E-state index >= 15 is 0 Å². The van der Waals surface area contributed by atoms with Crippen molar-refractivity contribution in [2.24, 2.45) is 11.8 Å². The molecule has 0 heterocycles. The number of hydrogen-bond acceptors (Lipinski definition) is 2. The summed E-state index contributed by atoms with van der Waals surface area (Å²) in [5.74, 6) is 2.64. The lowest BCUT2D eigenvalue weighted by molar-refractivity contribution is 0.414. The van der Waals surface area contributed by atoms with Crippen LogP contribution in [0, 0.1) is 11.8 Å². The number of benzene rings is 1. The average molecular weight is 261 g/mol. The first-order chi connectivity index (χ1) is 9.20. The summed E-state index contributed by atoms with van der Waals surface area (Å²) in [5, 5.41) is 3.71. The molecule has 1 aromatic rings. The standard InChI is InChI=1S/C17H27NO/c1-13(2)7-6-9-15(14-11-12-14)18-16-8-4-5-10-17(16)19-3/h4-5,8,10,13-15,18H,6-7,9,11-12H2,1-3H3/t15-/m0/s1. The maximum absolute atomic E-state index is 5.43. The van der Waals surface area contributed by atoms with Gasteiger partial charge in [0.1, 0.15) is 5.75 Å². The Morgan fingerprint density at radius 1 is 1.21 bits per heavy atom. The minimum atomic E-state index is 0.620. The van der Waals surface area contributed by atoms with Crippen molar-refractivity contribution in [3.8, 4) is 5.75 Å². The van der Waals surface area contributed by atoms with E-state index < -0.39 is 0 Å². The van der Waals surface area contributed by atoms with Crippen LogP contribution in [0.15, 0.2) is 24.3 Å². The fourth-order valence-corrected chi connectivity index (χ4v) is 2.63. The van der Waals surface area contributed by atoms with Crippen LogP contribution < -0.4 is 10.1 Å². The molecule has 0 spiro atoms. The summed E-state index contributed by atoms with van der Waals surface area (Å²) in [6.07, 6.45) is 6.70. The minimum absolute atomic E-state index is 0.620. The van der Waals surface area contributed by atoms with E-state index in [1.54, 1.807) is 7.11 Å². The highest BCUT2D eigenvalue weighted by Crippen LogP contribution is 2.38. The fraction of sp³-hybridized carbons (Fsp3) is 0.647. The molecule has 0 unspecified atom stereocenters. The molecule has 0 amide bonds. The van der Waals surface area contributed by atoms with E-state index in [0.29, 0.717) is 6.04 Å². The van der Waals surface area contributed by atoms with Gasteiger partial charge in [-0.1, -0.05) is 38.8 Å². The molecular weight excluding hydrogens is 234 g/mol. The number of nitrogens with one attached hydrogen (secondary N) is 1. The van der Waals surface area contributed by atoms with Crippen LogP contribution in [0.3, 0.4) is 0 Å². The molecule has 19 heavy (non-hydrogen) atoms. The Bertz CT molecular complexity index is 385. The number of ether oxygens (including phenoxy) is 1. The first-order valence-electron chi connectivity index (χ1n) is 7.60. The molecule has 2 rings (SSSR count). The third-order valence-electron chi connectivity index (χ3n) is 3.94. The molecule has 0 aromatic heterocycles. The number of anilines is 1. The smallest absolute Gasteiger partial charge is 0.141 e. The Balaban J connectivity index is 1.92. The molecule has 0 aliphatic heterocycles. The molecule has 106 valence electrons. The van der Waals surface area contributed by atoms with E-state index in [1.165, 1.54) is 32.1 Å².